The maximum atomic E-state index is 7.38. The summed E-state index contributed by atoms with van der Waals surface area (Å²) in [6.07, 6.45) is 3.15. The molecule has 1 heterocycles. The van der Waals surface area contributed by atoms with E-state index in [9.17, 15) is 0 Å². The molecule has 1 aromatic carbocycles. The molecule has 2 aromatic rings. The number of nitrogens with one attached hydrogen (secondary N) is 1. The largest absolute Gasteiger partial charge is 0.436 e. The lowest BCUT2D eigenvalue weighted by Crippen LogP contribution is -1.91. The highest BCUT2D eigenvalue weighted by molar-refractivity contribution is 6.32. The van der Waals surface area contributed by atoms with E-state index in [0.29, 0.717) is 22.3 Å². The minimum atomic E-state index is 0.340. The van der Waals surface area contributed by atoms with Gasteiger partial charge in [-0.2, -0.15) is 0 Å². The number of halogens is 1. The monoisotopic (exact) mass is 234 g/mol. The maximum absolute atomic E-state index is 7.38. The van der Waals surface area contributed by atoms with Crippen molar-refractivity contribution in [2.45, 2.75) is 6.92 Å². The van der Waals surface area contributed by atoms with Gasteiger partial charge >= 0.3 is 0 Å². The van der Waals surface area contributed by atoms with Crippen LogP contribution in [0.4, 0.5) is 5.69 Å². The Bertz CT molecular complexity index is 516. The van der Waals surface area contributed by atoms with Crippen LogP contribution in [0, 0.1) is 6.92 Å². The Morgan fingerprint density at radius 2 is 2.12 bits per heavy atom. The highest BCUT2D eigenvalue weighted by atomic mass is 35.5. The third kappa shape index (κ3) is 2.41. The highest BCUT2D eigenvalue weighted by Gasteiger charge is 2.04. The van der Waals surface area contributed by atoms with Gasteiger partial charge in [-0.3, -0.25) is 4.98 Å². The first-order valence-corrected chi connectivity index (χ1v) is 5.00. The Balaban J connectivity index is 2.27. The third-order valence-corrected chi connectivity index (χ3v) is 2.17. The first-order valence-electron chi connectivity index (χ1n) is 4.63. The normalized spacial score (nSPS) is 10.1. The predicted octanol–water partition coefficient (Wildman–Crippen LogP) is 3.15. The van der Waals surface area contributed by atoms with Crippen LogP contribution in [0.15, 0.2) is 30.6 Å². The summed E-state index contributed by atoms with van der Waals surface area (Å²) in [4.78, 5) is 8.10. The van der Waals surface area contributed by atoms with Gasteiger partial charge in [0.2, 0.25) is 5.88 Å². The second-order valence-electron chi connectivity index (χ2n) is 3.25. The van der Waals surface area contributed by atoms with E-state index < -0.39 is 0 Å². The fraction of sp³-hybridized carbons (Fsp3) is 0.0909. The summed E-state index contributed by atoms with van der Waals surface area (Å²) in [6, 6.07) is 4.75. The Kier molecular flexibility index (Phi) is 2.92. The molecular formula is C11H9ClN3O. The second kappa shape index (κ2) is 4.37. The first-order chi connectivity index (χ1) is 7.65. The van der Waals surface area contributed by atoms with Crippen molar-refractivity contribution in [1.82, 2.24) is 15.7 Å². The van der Waals surface area contributed by atoms with E-state index in [4.69, 9.17) is 22.1 Å². The van der Waals surface area contributed by atoms with Gasteiger partial charge in [-0.05, 0) is 25.1 Å². The molecule has 1 N–H and O–H groups in total. The van der Waals surface area contributed by atoms with E-state index in [-0.39, 0.29) is 0 Å². The number of ether oxygens (including phenoxy) is 1. The summed E-state index contributed by atoms with van der Waals surface area (Å²) in [5.41, 5.74) is 8.49. The average Bonchev–Trinajstić information content (AvgIpc) is 2.22. The van der Waals surface area contributed by atoms with Gasteiger partial charge in [0.25, 0.3) is 0 Å². The lowest BCUT2D eigenvalue weighted by molar-refractivity contribution is 0.459. The zero-order valence-corrected chi connectivity index (χ0v) is 9.32. The molecule has 0 bridgehead atoms. The minimum absolute atomic E-state index is 0.340. The number of nitrogens with zero attached hydrogens (tertiary/aromatic N) is 2. The SMILES string of the molecule is Cc1cncc(Oc2ccc([NH])cc2Cl)n1. The number of hydrogen-bond donors (Lipinski definition) is 0. The first kappa shape index (κ1) is 10.7. The maximum Gasteiger partial charge on any atom is 0.238 e. The summed E-state index contributed by atoms with van der Waals surface area (Å²) in [5.74, 6) is 0.859. The van der Waals surface area contributed by atoms with Crippen LogP contribution in [0.2, 0.25) is 5.02 Å². The van der Waals surface area contributed by atoms with Crippen molar-refractivity contribution in [3.05, 3.63) is 41.3 Å². The fourth-order valence-electron chi connectivity index (χ4n) is 1.19. The quantitative estimate of drug-likeness (QED) is 0.802. The van der Waals surface area contributed by atoms with E-state index in [2.05, 4.69) is 9.97 Å². The van der Waals surface area contributed by atoms with Crippen LogP contribution in [-0.4, -0.2) is 9.97 Å². The molecule has 16 heavy (non-hydrogen) atoms. The molecule has 1 aromatic heterocycles. The molecule has 0 saturated heterocycles. The van der Waals surface area contributed by atoms with E-state index >= 15 is 0 Å². The molecule has 0 amide bonds. The van der Waals surface area contributed by atoms with E-state index in [0.717, 1.165) is 5.69 Å². The van der Waals surface area contributed by atoms with Gasteiger partial charge in [-0.15, -0.1) is 0 Å². The van der Waals surface area contributed by atoms with Crippen LogP contribution in [0.5, 0.6) is 11.6 Å². The Hall–Kier alpha value is -1.81. The topological polar surface area (TPSA) is 58.8 Å². The standard InChI is InChI=1S/C11H9ClN3O/c1-7-5-14-6-11(15-7)16-10-3-2-8(13)4-9(10)12/h2-6,13H,1H3. The van der Waals surface area contributed by atoms with Crippen molar-refractivity contribution in [3.8, 4) is 11.6 Å². The molecule has 5 heteroatoms. The van der Waals surface area contributed by atoms with Crippen molar-refractivity contribution >= 4 is 17.3 Å². The van der Waals surface area contributed by atoms with Crippen molar-refractivity contribution in [2.75, 3.05) is 0 Å². The number of benzene rings is 1. The van der Waals surface area contributed by atoms with Crippen molar-refractivity contribution < 1.29 is 4.74 Å². The average molecular weight is 235 g/mol. The zero-order valence-electron chi connectivity index (χ0n) is 8.57. The molecule has 1 radical (unpaired) electrons. The van der Waals surface area contributed by atoms with Crippen LogP contribution >= 0.6 is 11.6 Å². The van der Waals surface area contributed by atoms with Crippen molar-refractivity contribution in [2.24, 2.45) is 0 Å². The molecule has 0 fully saturated rings. The number of hydrogen-bond acceptors (Lipinski definition) is 3. The molecule has 4 nitrogen and oxygen atoms in total. The minimum Gasteiger partial charge on any atom is -0.436 e. The smallest absolute Gasteiger partial charge is 0.238 e. The van der Waals surface area contributed by atoms with Gasteiger partial charge in [0.15, 0.2) is 0 Å². The van der Waals surface area contributed by atoms with E-state index in [1.165, 1.54) is 12.3 Å². The van der Waals surface area contributed by atoms with Crippen molar-refractivity contribution in [3.63, 3.8) is 0 Å². The van der Waals surface area contributed by atoms with Gasteiger partial charge in [-0.25, -0.2) is 4.98 Å². The van der Waals surface area contributed by atoms with Crippen LogP contribution in [0.3, 0.4) is 0 Å². The number of aromatic nitrogens is 2. The second-order valence-corrected chi connectivity index (χ2v) is 3.65. The summed E-state index contributed by atoms with van der Waals surface area (Å²) in [6.45, 7) is 1.83. The van der Waals surface area contributed by atoms with Crippen LogP contribution in [0.25, 0.3) is 0 Å². The molecule has 0 unspecified atom stereocenters. The molecule has 0 atom stereocenters. The molecule has 0 aliphatic carbocycles. The Morgan fingerprint density at radius 3 is 2.81 bits per heavy atom. The lowest BCUT2D eigenvalue weighted by atomic mass is 10.3. The summed E-state index contributed by atoms with van der Waals surface area (Å²) >= 11 is 5.93. The molecular weight excluding hydrogens is 226 g/mol. The number of aryl methyl sites for hydroxylation is 1. The summed E-state index contributed by atoms with van der Waals surface area (Å²) in [7, 11) is 0. The molecule has 0 aliphatic rings. The van der Waals surface area contributed by atoms with Gasteiger partial charge in [0.05, 0.1) is 22.6 Å². The van der Waals surface area contributed by atoms with Crippen LogP contribution in [-0.2, 0) is 0 Å². The fourth-order valence-corrected chi connectivity index (χ4v) is 1.41. The summed E-state index contributed by atoms with van der Waals surface area (Å²) < 4.78 is 5.46. The van der Waals surface area contributed by atoms with Gasteiger partial charge in [-0.1, -0.05) is 11.6 Å². The van der Waals surface area contributed by atoms with Gasteiger partial charge in [0, 0.05) is 6.20 Å². The third-order valence-electron chi connectivity index (χ3n) is 1.88. The summed E-state index contributed by atoms with van der Waals surface area (Å²) in [5, 5.41) is 0.385. The van der Waals surface area contributed by atoms with Crippen LogP contribution in [0.1, 0.15) is 5.69 Å². The highest BCUT2D eigenvalue weighted by Crippen LogP contribution is 2.30. The van der Waals surface area contributed by atoms with Gasteiger partial charge in [0.1, 0.15) is 5.75 Å². The Morgan fingerprint density at radius 1 is 1.31 bits per heavy atom. The van der Waals surface area contributed by atoms with E-state index in [1.54, 1.807) is 18.3 Å². The number of rotatable bonds is 2. The molecule has 0 spiro atoms. The predicted molar refractivity (Wildman–Crippen MR) is 61.1 cm³/mol. The van der Waals surface area contributed by atoms with Crippen molar-refractivity contribution in [1.29, 1.82) is 0 Å². The zero-order chi connectivity index (χ0) is 11.5. The van der Waals surface area contributed by atoms with E-state index in [1.807, 2.05) is 6.92 Å². The molecule has 81 valence electrons. The molecule has 2 rings (SSSR count). The molecule has 0 saturated carbocycles. The lowest BCUT2D eigenvalue weighted by Gasteiger charge is -2.06. The Labute approximate surface area is 98.0 Å². The van der Waals surface area contributed by atoms with Crippen LogP contribution < -0.4 is 10.5 Å². The van der Waals surface area contributed by atoms with Gasteiger partial charge < -0.3 is 10.5 Å². The molecule has 0 aliphatic heterocycles.